The maximum absolute atomic E-state index is 12.8. The Kier molecular flexibility index (Phi) is 4.99. The second-order valence-corrected chi connectivity index (χ2v) is 7.74. The maximum atomic E-state index is 12.8. The minimum absolute atomic E-state index is 0.0322. The van der Waals surface area contributed by atoms with Gasteiger partial charge in [-0.15, -0.1) is 0 Å². The molecular formula is C23H26N4O. The van der Waals surface area contributed by atoms with Crippen molar-refractivity contribution in [1.29, 1.82) is 0 Å². The normalized spacial score (nSPS) is 15.0. The number of fused-ring (bicyclic) bond motifs is 1. The SMILES string of the molecule is Cc1cc(C)c(NC(=O)C2CCN(c3cnc4ccccc4n3)CC2)c(C)c1. The summed E-state index contributed by atoms with van der Waals surface area (Å²) in [5, 5.41) is 3.17. The van der Waals surface area contributed by atoms with Gasteiger partial charge in [0.25, 0.3) is 0 Å². The molecule has 0 spiro atoms. The van der Waals surface area contributed by atoms with E-state index in [0.717, 1.165) is 59.6 Å². The minimum Gasteiger partial charge on any atom is -0.355 e. The molecule has 1 N–H and O–H groups in total. The van der Waals surface area contributed by atoms with Gasteiger partial charge in [-0.1, -0.05) is 29.8 Å². The second-order valence-electron chi connectivity index (χ2n) is 7.74. The molecule has 2 heterocycles. The van der Waals surface area contributed by atoms with Crippen molar-refractivity contribution in [3.8, 4) is 0 Å². The number of piperidine rings is 1. The highest BCUT2D eigenvalue weighted by Crippen LogP contribution is 2.26. The number of hydrogen-bond acceptors (Lipinski definition) is 4. The lowest BCUT2D eigenvalue weighted by molar-refractivity contribution is -0.120. The van der Waals surface area contributed by atoms with E-state index in [1.165, 1.54) is 5.56 Å². The van der Waals surface area contributed by atoms with Gasteiger partial charge in [-0.05, 0) is 56.9 Å². The van der Waals surface area contributed by atoms with Crippen molar-refractivity contribution >= 4 is 28.4 Å². The fourth-order valence-electron chi connectivity index (χ4n) is 4.07. The average molecular weight is 374 g/mol. The standard InChI is InChI=1S/C23H26N4O/c1-15-12-16(2)22(17(3)13-15)26-23(28)18-8-10-27(11-9-18)21-14-24-19-6-4-5-7-20(19)25-21/h4-7,12-14,18H,8-11H2,1-3H3,(H,26,28). The molecule has 0 atom stereocenters. The lowest BCUT2D eigenvalue weighted by Gasteiger charge is -2.32. The van der Waals surface area contributed by atoms with Crippen LogP contribution in [0.3, 0.4) is 0 Å². The number of carbonyl (C=O) groups excluding carboxylic acids is 1. The van der Waals surface area contributed by atoms with E-state index in [2.05, 4.69) is 48.1 Å². The van der Waals surface area contributed by atoms with E-state index in [-0.39, 0.29) is 11.8 Å². The molecule has 0 radical (unpaired) electrons. The van der Waals surface area contributed by atoms with Crippen LogP contribution in [0.2, 0.25) is 0 Å². The van der Waals surface area contributed by atoms with Gasteiger partial charge >= 0.3 is 0 Å². The number of carbonyl (C=O) groups is 1. The number of anilines is 2. The topological polar surface area (TPSA) is 58.1 Å². The Balaban J connectivity index is 1.41. The summed E-state index contributed by atoms with van der Waals surface area (Å²) in [5.41, 5.74) is 6.23. The van der Waals surface area contributed by atoms with Crippen LogP contribution in [0.25, 0.3) is 11.0 Å². The molecule has 0 unspecified atom stereocenters. The molecule has 2 aromatic carbocycles. The molecule has 28 heavy (non-hydrogen) atoms. The van der Waals surface area contributed by atoms with Crippen molar-refractivity contribution in [2.24, 2.45) is 5.92 Å². The Morgan fingerprint density at radius 1 is 1.04 bits per heavy atom. The van der Waals surface area contributed by atoms with Gasteiger partial charge in [0.1, 0.15) is 5.82 Å². The number of rotatable bonds is 3. The summed E-state index contributed by atoms with van der Waals surface area (Å²) in [7, 11) is 0. The first-order chi connectivity index (χ1) is 13.5. The van der Waals surface area contributed by atoms with E-state index in [4.69, 9.17) is 4.98 Å². The van der Waals surface area contributed by atoms with Gasteiger partial charge in [0.2, 0.25) is 5.91 Å². The van der Waals surface area contributed by atoms with Crippen LogP contribution < -0.4 is 10.2 Å². The van der Waals surface area contributed by atoms with E-state index in [9.17, 15) is 4.79 Å². The van der Waals surface area contributed by atoms with E-state index in [0.29, 0.717) is 0 Å². The monoisotopic (exact) mass is 374 g/mol. The minimum atomic E-state index is 0.0322. The lowest BCUT2D eigenvalue weighted by atomic mass is 9.95. The summed E-state index contributed by atoms with van der Waals surface area (Å²) in [6.45, 7) is 7.82. The summed E-state index contributed by atoms with van der Waals surface area (Å²) in [5.74, 6) is 1.05. The molecule has 4 rings (SSSR count). The van der Waals surface area contributed by atoms with E-state index >= 15 is 0 Å². The third-order valence-corrected chi connectivity index (χ3v) is 5.55. The zero-order chi connectivity index (χ0) is 19.7. The molecule has 1 amide bonds. The first-order valence-corrected chi connectivity index (χ1v) is 9.87. The molecule has 5 nitrogen and oxygen atoms in total. The Morgan fingerprint density at radius 3 is 2.36 bits per heavy atom. The van der Waals surface area contributed by atoms with Gasteiger partial charge in [-0.2, -0.15) is 0 Å². The largest absolute Gasteiger partial charge is 0.355 e. The number of para-hydroxylation sites is 2. The Hall–Kier alpha value is -2.95. The highest BCUT2D eigenvalue weighted by atomic mass is 16.1. The van der Waals surface area contributed by atoms with Crippen molar-refractivity contribution in [3.05, 3.63) is 59.3 Å². The van der Waals surface area contributed by atoms with E-state index < -0.39 is 0 Å². The fourth-order valence-corrected chi connectivity index (χ4v) is 4.07. The highest BCUT2D eigenvalue weighted by molar-refractivity contribution is 5.94. The predicted molar refractivity (Wildman–Crippen MR) is 114 cm³/mol. The first kappa shape index (κ1) is 18.4. The smallest absolute Gasteiger partial charge is 0.227 e. The van der Waals surface area contributed by atoms with Crippen LogP contribution in [-0.4, -0.2) is 29.0 Å². The van der Waals surface area contributed by atoms with Crippen molar-refractivity contribution in [3.63, 3.8) is 0 Å². The van der Waals surface area contributed by atoms with Crippen molar-refractivity contribution in [1.82, 2.24) is 9.97 Å². The van der Waals surface area contributed by atoms with Crippen LogP contribution in [-0.2, 0) is 4.79 Å². The quantitative estimate of drug-likeness (QED) is 0.738. The third kappa shape index (κ3) is 3.70. The van der Waals surface area contributed by atoms with Crippen LogP contribution in [0.1, 0.15) is 29.5 Å². The first-order valence-electron chi connectivity index (χ1n) is 9.87. The highest BCUT2D eigenvalue weighted by Gasteiger charge is 2.26. The van der Waals surface area contributed by atoms with Gasteiger partial charge in [0, 0.05) is 24.7 Å². The summed E-state index contributed by atoms with van der Waals surface area (Å²) in [6.07, 6.45) is 3.48. The molecular weight excluding hydrogens is 348 g/mol. The number of aromatic nitrogens is 2. The summed E-state index contributed by atoms with van der Waals surface area (Å²) in [4.78, 5) is 24.3. The molecule has 5 heteroatoms. The summed E-state index contributed by atoms with van der Waals surface area (Å²) in [6, 6.07) is 12.1. The zero-order valence-corrected chi connectivity index (χ0v) is 16.7. The summed E-state index contributed by atoms with van der Waals surface area (Å²) < 4.78 is 0. The number of nitrogens with zero attached hydrogens (tertiary/aromatic N) is 3. The average Bonchev–Trinajstić information content (AvgIpc) is 2.70. The van der Waals surface area contributed by atoms with Crippen molar-refractivity contribution < 1.29 is 4.79 Å². The maximum Gasteiger partial charge on any atom is 0.227 e. The number of amides is 1. The molecule has 1 aliphatic rings. The Labute approximate surface area is 165 Å². The Morgan fingerprint density at radius 2 is 1.68 bits per heavy atom. The molecule has 0 bridgehead atoms. The summed E-state index contributed by atoms with van der Waals surface area (Å²) >= 11 is 0. The van der Waals surface area contributed by atoms with Crippen molar-refractivity contribution in [2.75, 3.05) is 23.3 Å². The van der Waals surface area contributed by atoms with Crippen LogP contribution in [0.15, 0.2) is 42.6 Å². The van der Waals surface area contributed by atoms with Crippen LogP contribution in [0, 0.1) is 26.7 Å². The molecule has 0 saturated carbocycles. The van der Waals surface area contributed by atoms with Crippen LogP contribution in [0.4, 0.5) is 11.5 Å². The van der Waals surface area contributed by atoms with Crippen LogP contribution in [0.5, 0.6) is 0 Å². The molecule has 1 saturated heterocycles. The third-order valence-electron chi connectivity index (χ3n) is 5.55. The number of hydrogen-bond donors (Lipinski definition) is 1. The zero-order valence-electron chi connectivity index (χ0n) is 16.7. The second kappa shape index (κ2) is 7.58. The van der Waals surface area contributed by atoms with Gasteiger partial charge in [0.15, 0.2) is 0 Å². The molecule has 144 valence electrons. The Bertz CT molecular complexity index is 999. The molecule has 1 aliphatic heterocycles. The molecule has 1 fully saturated rings. The van der Waals surface area contributed by atoms with Gasteiger partial charge in [0.05, 0.1) is 17.2 Å². The molecule has 0 aliphatic carbocycles. The fraction of sp³-hybridized carbons (Fsp3) is 0.348. The molecule has 1 aromatic heterocycles. The van der Waals surface area contributed by atoms with E-state index in [1.807, 2.05) is 30.5 Å². The van der Waals surface area contributed by atoms with E-state index in [1.54, 1.807) is 0 Å². The number of aryl methyl sites for hydroxylation is 3. The van der Waals surface area contributed by atoms with Crippen LogP contribution >= 0.6 is 0 Å². The van der Waals surface area contributed by atoms with Gasteiger partial charge < -0.3 is 10.2 Å². The van der Waals surface area contributed by atoms with Gasteiger partial charge in [-0.25, -0.2) is 4.98 Å². The number of benzene rings is 2. The predicted octanol–water partition coefficient (Wildman–Crippen LogP) is 4.41. The van der Waals surface area contributed by atoms with Gasteiger partial charge in [-0.3, -0.25) is 9.78 Å². The lowest BCUT2D eigenvalue weighted by Crippen LogP contribution is -2.38. The number of nitrogens with one attached hydrogen (secondary N) is 1. The van der Waals surface area contributed by atoms with Crippen molar-refractivity contribution in [2.45, 2.75) is 33.6 Å². The molecule has 3 aromatic rings.